The van der Waals surface area contributed by atoms with Gasteiger partial charge in [0.15, 0.2) is 6.29 Å². The molecule has 0 N–H and O–H groups in total. The van der Waals surface area contributed by atoms with Gasteiger partial charge in [-0.3, -0.25) is 0 Å². The third kappa shape index (κ3) is 9.38. The molecule has 4 nitrogen and oxygen atoms in total. The fraction of sp³-hybridized carbons (Fsp3) is 0.769. The molecule has 0 rings (SSSR count). The first-order valence-electron chi connectivity index (χ1n) is 6.67. The largest absolute Gasteiger partial charge is 0.462 e. The van der Waals surface area contributed by atoms with Crippen molar-refractivity contribution < 1.29 is 19.0 Å². The van der Waals surface area contributed by atoms with Crippen LogP contribution < -0.4 is 0 Å². The summed E-state index contributed by atoms with van der Waals surface area (Å²) in [6, 6.07) is 2.16. The summed E-state index contributed by atoms with van der Waals surface area (Å²) >= 11 is 0. The van der Waals surface area contributed by atoms with Gasteiger partial charge in [-0.25, -0.2) is 4.79 Å². The van der Waals surface area contributed by atoms with Gasteiger partial charge in [-0.15, -0.1) is 0 Å². The summed E-state index contributed by atoms with van der Waals surface area (Å²) in [4.78, 5) is 11.1. The first-order chi connectivity index (χ1) is 8.61. The van der Waals surface area contributed by atoms with E-state index in [-0.39, 0.29) is 21.8 Å². The fourth-order valence-electron chi connectivity index (χ4n) is 1.46. The van der Waals surface area contributed by atoms with Gasteiger partial charge < -0.3 is 14.2 Å². The minimum Gasteiger partial charge on any atom is -0.462 e. The van der Waals surface area contributed by atoms with E-state index >= 15 is 0 Å². The topological polar surface area (TPSA) is 44.8 Å². The van der Waals surface area contributed by atoms with Gasteiger partial charge in [0.2, 0.25) is 0 Å². The summed E-state index contributed by atoms with van der Waals surface area (Å²) < 4.78 is 16.0. The van der Waals surface area contributed by atoms with Gasteiger partial charge in [0, 0.05) is 28.3 Å². The second kappa shape index (κ2) is 11.4. The predicted octanol–water partition coefficient (Wildman–Crippen LogP) is 1.90. The summed E-state index contributed by atoms with van der Waals surface area (Å²) in [5.74, 6) is -0.293. The second-order valence-electron chi connectivity index (χ2n) is 4.11. The lowest BCUT2D eigenvalue weighted by atomic mass is 10.4. The summed E-state index contributed by atoms with van der Waals surface area (Å²) in [5, 5.41) is 0. The van der Waals surface area contributed by atoms with Crippen LogP contribution in [-0.2, 0) is 19.0 Å². The Kier molecular flexibility index (Phi) is 11.0. The van der Waals surface area contributed by atoms with Gasteiger partial charge in [0.1, 0.15) is 0 Å². The van der Waals surface area contributed by atoms with E-state index in [1.54, 1.807) is 6.92 Å². The van der Waals surface area contributed by atoms with E-state index in [4.69, 9.17) is 14.2 Å². The molecule has 0 bridgehead atoms. The van der Waals surface area contributed by atoms with Crippen LogP contribution in [0.3, 0.4) is 0 Å². The molecule has 0 saturated carbocycles. The molecule has 0 aliphatic carbocycles. The zero-order valence-corrected chi connectivity index (χ0v) is 13.3. The van der Waals surface area contributed by atoms with E-state index in [1.807, 2.05) is 13.8 Å². The maximum absolute atomic E-state index is 11.1. The molecule has 0 aromatic rings. The molecule has 0 fully saturated rings. The molecule has 0 atom stereocenters. The lowest BCUT2D eigenvalue weighted by Gasteiger charge is -2.16. The van der Waals surface area contributed by atoms with Gasteiger partial charge >= 0.3 is 5.97 Å². The molecule has 5 heteroatoms. The molecule has 0 heterocycles. The molecule has 0 spiro atoms. The van der Waals surface area contributed by atoms with Crippen molar-refractivity contribution in [3.05, 3.63) is 12.2 Å². The van der Waals surface area contributed by atoms with Crippen molar-refractivity contribution >= 4 is 15.5 Å². The Morgan fingerprint density at radius 2 is 1.89 bits per heavy atom. The van der Waals surface area contributed by atoms with Gasteiger partial charge in [-0.05, 0) is 33.2 Å². The van der Waals surface area contributed by atoms with Crippen LogP contribution >= 0.6 is 0 Å². The summed E-state index contributed by atoms with van der Waals surface area (Å²) in [7, 11) is -0.205. The highest BCUT2D eigenvalue weighted by Gasteiger charge is 2.07. The number of hydrogen-bond acceptors (Lipinski definition) is 4. The highest BCUT2D eigenvalue weighted by molar-refractivity contribution is 6.35. The Hall–Kier alpha value is -0.653. The summed E-state index contributed by atoms with van der Waals surface area (Å²) in [6.07, 6.45) is 0.889. The molecule has 0 radical (unpaired) electrons. The zero-order valence-electron chi connectivity index (χ0n) is 11.9. The lowest BCUT2D eigenvalue weighted by Crippen LogP contribution is -2.19. The molecule has 0 aromatic carbocycles. The van der Waals surface area contributed by atoms with Crippen LogP contribution in [0.5, 0.6) is 0 Å². The monoisotopic (exact) mass is 274 g/mol. The van der Waals surface area contributed by atoms with Gasteiger partial charge in [-0.2, -0.15) is 0 Å². The second-order valence-corrected chi connectivity index (χ2v) is 6.10. The van der Waals surface area contributed by atoms with Gasteiger partial charge in [-0.1, -0.05) is 12.6 Å². The molecule has 0 aromatic heterocycles. The third-order valence-corrected chi connectivity index (χ3v) is 4.25. The average molecular weight is 274 g/mol. The molecular formula is C13H26O4Si. The van der Waals surface area contributed by atoms with E-state index in [0.29, 0.717) is 25.4 Å². The lowest BCUT2D eigenvalue weighted by molar-refractivity contribution is -0.138. The van der Waals surface area contributed by atoms with Gasteiger partial charge in [0.25, 0.3) is 0 Å². The minimum absolute atomic E-state index is 0.0374. The molecule has 106 valence electrons. The number of carbonyl (C=O) groups excluding carboxylic acids is 1. The zero-order chi connectivity index (χ0) is 13.8. The Bertz CT molecular complexity index is 237. The number of ether oxygens (including phenoxy) is 3. The molecule has 18 heavy (non-hydrogen) atoms. The SMILES string of the molecule is C=C(C)C(=O)OCCC[SiH2]CC(OCC)OCC. The normalized spacial score (nSPS) is 11.3. The van der Waals surface area contributed by atoms with Crippen LogP contribution in [0.15, 0.2) is 12.2 Å². The van der Waals surface area contributed by atoms with Crippen molar-refractivity contribution in [3.63, 3.8) is 0 Å². The number of carbonyl (C=O) groups is 1. The fourth-order valence-corrected chi connectivity index (χ4v) is 2.98. The van der Waals surface area contributed by atoms with Crippen molar-refractivity contribution in [2.75, 3.05) is 19.8 Å². The van der Waals surface area contributed by atoms with E-state index in [1.165, 1.54) is 0 Å². The average Bonchev–Trinajstić information content (AvgIpc) is 2.33. The van der Waals surface area contributed by atoms with E-state index < -0.39 is 0 Å². The summed E-state index contributed by atoms with van der Waals surface area (Å²) in [6.45, 7) is 11.0. The minimum atomic E-state index is -0.293. The van der Waals surface area contributed by atoms with Crippen molar-refractivity contribution in [3.8, 4) is 0 Å². The molecule has 0 aliphatic rings. The molecular weight excluding hydrogens is 248 g/mol. The van der Waals surface area contributed by atoms with Crippen molar-refractivity contribution in [1.82, 2.24) is 0 Å². The highest BCUT2D eigenvalue weighted by atomic mass is 28.2. The molecule has 0 unspecified atom stereocenters. The highest BCUT2D eigenvalue weighted by Crippen LogP contribution is 2.04. The number of esters is 1. The van der Waals surface area contributed by atoms with Crippen LogP contribution in [0.1, 0.15) is 27.2 Å². The van der Waals surface area contributed by atoms with Crippen LogP contribution in [0.4, 0.5) is 0 Å². The van der Waals surface area contributed by atoms with E-state index in [9.17, 15) is 4.79 Å². The maximum Gasteiger partial charge on any atom is 0.333 e. The Morgan fingerprint density at radius 1 is 1.28 bits per heavy atom. The molecule has 0 aliphatic heterocycles. The van der Waals surface area contributed by atoms with Crippen LogP contribution in [0.2, 0.25) is 12.1 Å². The van der Waals surface area contributed by atoms with E-state index in [0.717, 1.165) is 18.5 Å². The van der Waals surface area contributed by atoms with Crippen molar-refractivity contribution in [1.29, 1.82) is 0 Å². The van der Waals surface area contributed by atoms with Crippen molar-refractivity contribution in [2.24, 2.45) is 0 Å². The Balaban J connectivity index is 3.48. The quantitative estimate of drug-likeness (QED) is 0.190. The molecule has 0 saturated heterocycles. The van der Waals surface area contributed by atoms with E-state index in [2.05, 4.69) is 6.58 Å². The van der Waals surface area contributed by atoms with Crippen LogP contribution in [0.25, 0.3) is 0 Å². The number of hydrogen-bond donors (Lipinski definition) is 0. The predicted molar refractivity (Wildman–Crippen MR) is 75.6 cm³/mol. The van der Waals surface area contributed by atoms with Gasteiger partial charge in [0.05, 0.1) is 6.61 Å². The van der Waals surface area contributed by atoms with Crippen LogP contribution in [-0.4, -0.2) is 41.6 Å². The number of rotatable bonds is 11. The Labute approximate surface area is 113 Å². The summed E-state index contributed by atoms with van der Waals surface area (Å²) in [5.41, 5.74) is 0.458. The molecule has 0 amide bonds. The van der Waals surface area contributed by atoms with Crippen LogP contribution in [0, 0.1) is 0 Å². The first kappa shape index (κ1) is 17.3. The first-order valence-corrected chi connectivity index (χ1v) is 8.67. The third-order valence-electron chi connectivity index (χ3n) is 2.37. The van der Waals surface area contributed by atoms with Crippen molar-refractivity contribution in [2.45, 2.75) is 45.6 Å². The maximum atomic E-state index is 11.1. The standard InChI is InChI=1S/C13H26O4Si/c1-5-15-12(16-6-2)10-18-9-7-8-17-13(14)11(3)4/h12H,3,5-10,18H2,1-2,4H3. The Morgan fingerprint density at radius 3 is 2.39 bits per heavy atom. The smallest absolute Gasteiger partial charge is 0.333 e.